The topological polar surface area (TPSA) is 121 Å². The van der Waals surface area contributed by atoms with Gasteiger partial charge in [0.2, 0.25) is 17.5 Å². The molecule has 1 N–H and O–H groups in total. The molecule has 0 radical (unpaired) electrons. The summed E-state index contributed by atoms with van der Waals surface area (Å²) >= 11 is 6.37. The van der Waals surface area contributed by atoms with Crippen LogP contribution in [0.25, 0.3) is 4.85 Å². The standard InChI is InChI=1S/C44H47ClN8O5/c1-28-23-44(27-52(28)33-8-10-37(46-2)36(45)22-33)13-15-50(16-14-44)41(56)30-3-5-31(6-4-30)49-19-17-48(18-20-49)24-29-25-51(26-29)32-7-9-34-35(21-32)43(58)53(42(34)57)38-11-12-39(54)47-40(38)55/h3-10,21-22,28-29,38H,11-20,23-27H2,1H3,(H,47,54,55). The second-order valence-electron chi connectivity index (χ2n) is 17.0. The van der Waals surface area contributed by atoms with Crippen molar-refractivity contribution in [3.63, 3.8) is 0 Å². The minimum atomic E-state index is -0.968. The summed E-state index contributed by atoms with van der Waals surface area (Å²) < 4.78 is 0. The number of anilines is 3. The van der Waals surface area contributed by atoms with Crippen molar-refractivity contribution >= 4 is 63.9 Å². The predicted octanol–water partition coefficient (Wildman–Crippen LogP) is 5.07. The Bertz CT molecular complexity index is 2220. The van der Waals surface area contributed by atoms with Gasteiger partial charge in [-0.25, -0.2) is 4.85 Å². The summed E-state index contributed by atoms with van der Waals surface area (Å²) in [4.78, 5) is 80.0. The van der Waals surface area contributed by atoms with Gasteiger partial charge < -0.3 is 19.6 Å². The van der Waals surface area contributed by atoms with E-state index >= 15 is 0 Å². The first kappa shape index (κ1) is 38.1. The van der Waals surface area contributed by atoms with Gasteiger partial charge in [-0.2, -0.15) is 0 Å². The summed E-state index contributed by atoms with van der Waals surface area (Å²) in [6, 6.07) is 18.5. The van der Waals surface area contributed by atoms with Crippen LogP contribution >= 0.6 is 11.6 Å². The van der Waals surface area contributed by atoms with Crippen molar-refractivity contribution in [1.82, 2.24) is 20.0 Å². The molecule has 0 bridgehead atoms. The third-order valence-electron chi connectivity index (χ3n) is 13.4. The molecule has 0 saturated carbocycles. The number of imide groups is 2. The molecular weight excluding hydrogens is 756 g/mol. The number of piperidine rings is 2. The van der Waals surface area contributed by atoms with E-state index in [1.807, 2.05) is 35.2 Å². The van der Waals surface area contributed by atoms with Gasteiger partial charge in [-0.3, -0.25) is 39.1 Å². The molecule has 9 rings (SSSR count). The third kappa shape index (κ3) is 6.96. The second-order valence-corrected chi connectivity index (χ2v) is 17.4. The molecule has 5 fully saturated rings. The van der Waals surface area contributed by atoms with Crippen molar-refractivity contribution in [3.05, 3.63) is 93.8 Å². The smallest absolute Gasteiger partial charge is 0.262 e. The van der Waals surface area contributed by atoms with Gasteiger partial charge in [0.05, 0.1) is 17.7 Å². The Labute approximate surface area is 343 Å². The van der Waals surface area contributed by atoms with Crippen molar-refractivity contribution in [2.24, 2.45) is 11.3 Å². The van der Waals surface area contributed by atoms with Crippen molar-refractivity contribution in [2.45, 2.75) is 51.1 Å². The number of carbonyl (C=O) groups is 5. The van der Waals surface area contributed by atoms with E-state index in [1.54, 1.807) is 18.2 Å². The monoisotopic (exact) mass is 802 g/mol. The van der Waals surface area contributed by atoms with Crippen molar-refractivity contribution in [2.75, 3.05) is 80.1 Å². The number of carbonyl (C=O) groups excluding carboxylic acids is 5. The Hall–Kier alpha value is -5.45. The van der Waals surface area contributed by atoms with E-state index in [9.17, 15) is 24.0 Å². The summed E-state index contributed by atoms with van der Waals surface area (Å²) in [5.41, 5.74) is 5.07. The highest BCUT2D eigenvalue weighted by Gasteiger charge is 2.46. The molecule has 6 aliphatic heterocycles. The zero-order valence-electron chi connectivity index (χ0n) is 32.7. The van der Waals surface area contributed by atoms with E-state index in [-0.39, 0.29) is 24.2 Å². The Kier molecular flexibility index (Phi) is 9.88. The Balaban J connectivity index is 0.721. The van der Waals surface area contributed by atoms with Crippen LogP contribution < -0.4 is 20.0 Å². The molecule has 13 nitrogen and oxygen atoms in total. The number of hydrogen-bond acceptors (Lipinski definition) is 9. The molecular formula is C44H47ClN8O5. The van der Waals surface area contributed by atoms with Crippen molar-refractivity contribution < 1.29 is 24.0 Å². The summed E-state index contributed by atoms with van der Waals surface area (Å²) in [5.74, 6) is -1.38. The highest BCUT2D eigenvalue weighted by molar-refractivity contribution is 6.33. The molecule has 58 heavy (non-hydrogen) atoms. The van der Waals surface area contributed by atoms with E-state index in [0.717, 1.165) is 112 Å². The minimum Gasteiger partial charge on any atom is -0.371 e. The van der Waals surface area contributed by atoms with Gasteiger partial charge >= 0.3 is 0 Å². The zero-order chi connectivity index (χ0) is 40.3. The molecule has 6 heterocycles. The number of amides is 5. The van der Waals surface area contributed by atoms with Crippen molar-refractivity contribution in [3.8, 4) is 0 Å². The molecule has 5 amide bonds. The quantitative estimate of drug-likeness (QED) is 0.258. The Morgan fingerprint density at radius 1 is 0.845 bits per heavy atom. The van der Waals surface area contributed by atoms with E-state index in [0.29, 0.717) is 33.8 Å². The predicted molar refractivity (Wildman–Crippen MR) is 221 cm³/mol. The van der Waals surface area contributed by atoms with Crippen LogP contribution in [-0.2, 0) is 9.59 Å². The number of nitrogens with one attached hydrogen (secondary N) is 1. The fourth-order valence-electron chi connectivity index (χ4n) is 10.1. The number of likely N-dealkylation sites (tertiary alicyclic amines) is 1. The molecule has 3 aromatic rings. The van der Waals surface area contributed by atoms with Crippen LogP contribution in [0.5, 0.6) is 0 Å². The van der Waals surface area contributed by atoms with Gasteiger partial charge in [0.1, 0.15) is 6.04 Å². The zero-order valence-corrected chi connectivity index (χ0v) is 33.4. The maximum Gasteiger partial charge on any atom is 0.262 e. The number of halogens is 1. The summed E-state index contributed by atoms with van der Waals surface area (Å²) in [6.45, 7) is 18.4. The SMILES string of the molecule is [C-]#[N+]c1ccc(N2CC3(CCN(C(=O)c4ccc(N5CCN(CC6CN(c7ccc8c(c7)C(=O)N(C7CCC(=O)NC7=O)C8=O)C6)CC5)cc4)CC3)CC2C)cc1Cl. The highest BCUT2D eigenvalue weighted by Crippen LogP contribution is 2.46. The normalized spacial score (nSPS) is 23.6. The number of hydrogen-bond donors (Lipinski definition) is 1. The van der Waals surface area contributed by atoms with Crippen LogP contribution in [0, 0.1) is 17.9 Å². The van der Waals surface area contributed by atoms with Crippen molar-refractivity contribution in [1.29, 1.82) is 0 Å². The molecule has 0 aliphatic carbocycles. The molecule has 2 atom stereocenters. The first-order chi connectivity index (χ1) is 28.0. The van der Waals surface area contributed by atoms with Crippen LogP contribution in [0.1, 0.15) is 70.1 Å². The maximum absolute atomic E-state index is 13.6. The average molecular weight is 803 g/mol. The lowest BCUT2D eigenvalue weighted by atomic mass is 9.76. The summed E-state index contributed by atoms with van der Waals surface area (Å²) in [5, 5.41) is 2.73. The molecule has 0 aromatic heterocycles. The lowest BCUT2D eigenvalue weighted by Crippen LogP contribution is -2.55. The van der Waals surface area contributed by atoms with Gasteiger partial charge in [0.15, 0.2) is 0 Å². The Morgan fingerprint density at radius 3 is 2.22 bits per heavy atom. The third-order valence-corrected chi connectivity index (χ3v) is 13.7. The van der Waals surface area contributed by atoms with Gasteiger partial charge in [-0.15, -0.1) is 0 Å². The van der Waals surface area contributed by atoms with Crippen LogP contribution in [-0.4, -0.2) is 122 Å². The lowest BCUT2D eigenvalue weighted by Gasteiger charge is -2.45. The van der Waals surface area contributed by atoms with Crippen LogP contribution in [0.2, 0.25) is 5.02 Å². The van der Waals surface area contributed by atoms with E-state index in [2.05, 4.69) is 48.8 Å². The lowest BCUT2D eigenvalue weighted by molar-refractivity contribution is -0.136. The molecule has 5 saturated heterocycles. The van der Waals surface area contributed by atoms with E-state index < -0.39 is 29.7 Å². The molecule has 14 heteroatoms. The average Bonchev–Trinajstić information content (AvgIpc) is 3.66. The highest BCUT2D eigenvalue weighted by atomic mass is 35.5. The number of rotatable bonds is 7. The van der Waals surface area contributed by atoms with Crippen LogP contribution in [0.3, 0.4) is 0 Å². The molecule has 3 aromatic carbocycles. The number of piperazine rings is 1. The fourth-order valence-corrected chi connectivity index (χ4v) is 10.3. The molecule has 2 unspecified atom stereocenters. The van der Waals surface area contributed by atoms with Crippen LogP contribution in [0.4, 0.5) is 22.7 Å². The maximum atomic E-state index is 13.6. The van der Waals surface area contributed by atoms with Gasteiger partial charge in [-0.05, 0) is 92.6 Å². The molecule has 6 aliphatic rings. The minimum absolute atomic E-state index is 0.0943. The van der Waals surface area contributed by atoms with E-state index in [4.69, 9.17) is 18.2 Å². The molecule has 1 spiro atoms. The summed E-state index contributed by atoms with van der Waals surface area (Å²) in [7, 11) is 0. The Morgan fingerprint density at radius 2 is 1.53 bits per heavy atom. The number of fused-ring (bicyclic) bond motifs is 1. The van der Waals surface area contributed by atoms with E-state index in [1.165, 1.54) is 0 Å². The first-order valence-corrected chi connectivity index (χ1v) is 20.8. The van der Waals surface area contributed by atoms with Gasteiger partial charge in [0, 0.05) is 111 Å². The van der Waals surface area contributed by atoms with Gasteiger partial charge in [0.25, 0.3) is 17.7 Å². The first-order valence-electron chi connectivity index (χ1n) is 20.4. The fraction of sp³-hybridized carbons (Fsp3) is 0.455. The number of benzene rings is 3. The second kappa shape index (κ2) is 15.1. The van der Waals surface area contributed by atoms with Gasteiger partial charge in [-0.1, -0.05) is 17.7 Å². The molecule has 300 valence electrons. The largest absolute Gasteiger partial charge is 0.371 e. The van der Waals surface area contributed by atoms with Crippen LogP contribution in [0.15, 0.2) is 60.7 Å². The summed E-state index contributed by atoms with van der Waals surface area (Å²) in [6.07, 6.45) is 3.26. The number of nitrogens with zero attached hydrogens (tertiary/aromatic N) is 7.